The molecule has 1 aromatic carbocycles. The van der Waals surface area contributed by atoms with Gasteiger partial charge in [0, 0.05) is 0 Å². The predicted molar refractivity (Wildman–Crippen MR) is 87.1 cm³/mol. The molecule has 0 radical (unpaired) electrons. The van der Waals surface area contributed by atoms with E-state index in [9.17, 15) is 0 Å². The van der Waals surface area contributed by atoms with Crippen molar-refractivity contribution in [1.82, 2.24) is 20.1 Å². The topological polar surface area (TPSA) is 80.7 Å². The van der Waals surface area contributed by atoms with Crippen LogP contribution in [0, 0.1) is 6.92 Å². The summed E-state index contributed by atoms with van der Waals surface area (Å²) in [5.41, 5.74) is 3.18. The zero-order valence-electron chi connectivity index (χ0n) is 12.6. The molecule has 3 aromatic heterocycles. The number of fused-ring (bicyclic) bond motifs is 1. The first-order valence-corrected chi connectivity index (χ1v) is 8.07. The lowest BCUT2D eigenvalue weighted by Crippen LogP contribution is -1.89. The molecular weight excluding hydrogens is 312 g/mol. The number of hydrogen-bond donors (Lipinski definition) is 1. The van der Waals surface area contributed by atoms with Crippen LogP contribution in [0.4, 0.5) is 0 Å². The summed E-state index contributed by atoms with van der Waals surface area (Å²) in [6.45, 7) is 4.06. The van der Waals surface area contributed by atoms with Gasteiger partial charge in [-0.1, -0.05) is 23.0 Å². The van der Waals surface area contributed by atoms with Gasteiger partial charge < -0.3 is 13.9 Å². The molecule has 1 N–H and O–H groups in total. The number of thioether (sulfide) groups is 1. The lowest BCUT2D eigenvalue weighted by molar-refractivity contribution is 0.379. The van der Waals surface area contributed by atoms with Gasteiger partial charge in [-0.15, -0.1) is 0 Å². The number of aromatic amines is 1. The maximum absolute atomic E-state index is 5.33. The Kier molecular flexibility index (Phi) is 3.42. The number of nitrogens with zero attached hydrogens (tertiary/aromatic N) is 3. The van der Waals surface area contributed by atoms with Crippen LogP contribution < -0.4 is 0 Å². The summed E-state index contributed by atoms with van der Waals surface area (Å²) in [5, 5.41) is 4.76. The second kappa shape index (κ2) is 5.58. The number of rotatable bonds is 4. The predicted octanol–water partition coefficient (Wildman–Crippen LogP) is 4.37. The van der Waals surface area contributed by atoms with Crippen LogP contribution in [0.1, 0.15) is 23.6 Å². The second-order valence-corrected chi connectivity index (χ2v) is 6.59. The van der Waals surface area contributed by atoms with E-state index in [1.165, 1.54) is 5.56 Å². The van der Waals surface area contributed by atoms with Crippen LogP contribution >= 0.6 is 11.8 Å². The summed E-state index contributed by atoms with van der Waals surface area (Å²) >= 11 is 1.55. The molecule has 1 atom stereocenters. The minimum atomic E-state index is -0.0205. The summed E-state index contributed by atoms with van der Waals surface area (Å²) < 4.78 is 10.6. The van der Waals surface area contributed by atoms with E-state index < -0.39 is 0 Å². The minimum absolute atomic E-state index is 0.0205. The molecule has 0 aliphatic rings. The largest absolute Gasteiger partial charge is 0.461 e. The van der Waals surface area contributed by atoms with Gasteiger partial charge in [-0.3, -0.25) is 0 Å². The number of benzene rings is 1. The lowest BCUT2D eigenvalue weighted by atomic mass is 10.2. The molecule has 3 heterocycles. The first-order chi connectivity index (χ1) is 11.2. The molecule has 116 valence electrons. The Morgan fingerprint density at radius 1 is 1.22 bits per heavy atom. The zero-order chi connectivity index (χ0) is 15.8. The van der Waals surface area contributed by atoms with Gasteiger partial charge >= 0.3 is 0 Å². The Labute approximate surface area is 136 Å². The number of nitrogens with one attached hydrogen (secondary N) is 1. The van der Waals surface area contributed by atoms with Crippen molar-refractivity contribution >= 4 is 22.8 Å². The van der Waals surface area contributed by atoms with E-state index in [1.54, 1.807) is 30.2 Å². The van der Waals surface area contributed by atoms with Crippen LogP contribution in [0.15, 0.2) is 50.7 Å². The molecule has 0 amide bonds. The van der Waals surface area contributed by atoms with E-state index in [0.29, 0.717) is 17.5 Å². The average molecular weight is 326 g/mol. The summed E-state index contributed by atoms with van der Waals surface area (Å²) in [6.07, 6.45) is 1.58. The van der Waals surface area contributed by atoms with Gasteiger partial charge in [0.05, 0.1) is 22.5 Å². The molecule has 0 saturated carbocycles. The monoisotopic (exact) mass is 326 g/mol. The first-order valence-electron chi connectivity index (χ1n) is 7.19. The summed E-state index contributed by atoms with van der Waals surface area (Å²) in [7, 11) is 0. The Bertz CT molecular complexity index is 942. The summed E-state index contributed by atoms with van der Waals surface area (Å²) in [5.74, 6) is 1.59. The summed E-state index contributed by atoms with van der Waals surface area (Å²) in [6, 6.07) is 9.74. The van der Waals surface area contributed by atoms with Crippen LogP contribution in [0.2, 0.25) is 0 Å². The molecular formula is C16H14N4O2S. The Balaban J connectivity index is 1.55. The highest BCUT2D eigenvalue weighted by atomic mass is 32.2. The Hall–Kier alpha value is -2.54. The van der Waals surface area contributed by atoms with E-state index in [2.05, 4.69) is 39.2 Å². The molecule has 0 bridgehead atoms. The lowest BCUT2D eigenvalue weighted by Gasteiger charge is -2.02. The third-order valence-electron chi connectivity index (χ3n) is 3.44. The number of imidazole rings is 1. The highest BCUT2D eigenvalue weighted by Gasteiger charge is 2.19. The van der Waals surface area contributed by atoms with Gasteiger partial charge in [-0.05, 0) is 43.7 Å². The fourth-order valence-electron chi connectivity index (χ4n) is 2.28. The maximum atomic E-state index is 5.33. The van der Waals surface area contributed by atoms with Crippen LogP contribution in [0.25, 0.3) is 22.6 Å². The van der Waals surface area contributed by atoms with Crippen LogP contribution in [-0.2, 0) is 0 Å². The Morgan fingerprint density at radius 3 is 2.96 bits per heavy atom. The van der Waals surface area contributed by atoms with E-state index in [4.69, 9.17) is 8.94 Å². The zero-order valence-corrected chi connectivity index (χ0v) is 13.4. The van der Waals surface area contributed by atoms with E-state index >= 15 is 0 Å². The molecule has 23 heavy (non-hydrogen) atoms. The highest BCUT2D eigenvalue weighted by Crippen LogP contribution is 2.34. The van der Waals surface area contributed by atoms with Gasteiger partial charge in [0.15, 0.2) is 10.9 Å². The van der Waals surface area contributed by atoms with Crippen LogP contribution in [0.5, 0.6) is 0 Å². The van der Waals surface area contributed by atoms with E-state index in [0.717, 1.165) is 16.2 Å². The first kappa shape index (κ1) is 14.1. The van der Waals surface area contributed by atoms with E-state index in [-0.39, 0.29) is 5.25 Å². The normalized spacial score (nSPS) is 12.8. The number of aromatic nitrogens is 4. The number of furan rings is 1. The number of hydrogen-bond acceptors (Lipinski definition) is 6. The molecule has 0 aliphatic heterocycles. The molecule has 0 fully saturated rings. The van der Waals surface area contributed by atoms with Crippen LogP contribution in [0.3, 0.4) is 0 Å². The fourth-order valence-corrected chi connectivity index (χ4v) is 3.13. The van der Waals surface area contributed by atoms with Gasteiger partial charge in [0.1, 0.15) is 0 Å². The minimum Gasteiger partial charge on any atom is -0.461 e. The molecule has 4 rings (SSSR count). The maximum Gasteiger partial charge on any atom is 0.240 e. The molecule has 7 heteroatoms. The number of aryl methyl sites for hydroxylation is 1. The van der Waals surface area contributed by atoms with Crippen molar-refractivity contribution < 1.29 is 8.94 Å². The van der Waals surface area contributed by atoms with Crippen molar-refractivity contribution in [3.05, 3.63) is 48.0 Å². The van der Waals surface area contributed by atoms with Gasteiger partial charge in [0.2, 0.25) is 11.7 Å². The van der Waals surface area contributed by atoms with E-state index in [1.807, 2.05) is 13.0 Å². The quantitative estimate of drug-likeness (QED) is 0.561. The molecule has 4 aromatic rings. The van der Waals surface area contributed by atoms with Crippen molar-refractivity contribution in [2.45, 2.75) is 24.3 Å². The van der Waals surface area contributed by atoms with Gasteiger partial charge in [0.25, 0.3) is 0 Å². The second-order valence-electron chi connectivity index (χ2n) is 5.26. The Morgan fingerprint density at radius 2 is 2.13 bits per heavy atom. The SMILES string of the molecule is Cc1ccc2nc(S[C@H](C)c3nc(-c4ccco4)no3)[nH]c2c1. The van der Waals surface area contributed by atoms with Crippen LogP contribution in [-0.4, -0.2) is 20.1 Å². The molecule has 6 nitrogen and oxygen atoms in total. The molecule has 0 saturated heterocycles. The smallest absolute Gasteiger partial charge is 0.240 e. The molecule has 0 spiro atoms. The van der Waals surface area contributed by atoms with Crippen molar-refractivity contribution in [2.24, 2.45) is 0 Å². The molecule has 0 aliphatic carbocycles. The average Bonchev–Trinajstić information content (AvgIpc) is 3.26. The number of H-pyrrole nitrogens is 1. The van der Waals surface area contributed by atoms with Crippen molar-refractivity contribution in [1.29, 1.82) is 0 Å². The van der Waals surface area contributed by atoms with Crippen molar-refractivity contribution in [3.8, 4) is 11.6 Å². The molecule has 0 unspecified atom stereocenters. The third-order valence-corrected chi connectivity index (χ3v) is 4.41. The standard InChI is InChI=1S/C16H14N4O2S/c1-9-5-6-11-12(8-9)18-16(17-11)23-10(2)15-19-14(20-22-15)13-4-3-7-21-13/h3-8,10H,1-2H3,(H,17,18)/t10-/m1/s1. The van der Waals surface area contributed by atoms with Gasteiger partial charge in [-0.25, -0.2) is 4.98 Å². The fraction of sp³-hybridized carbons (Fsp3) is 0.188. The highest BCUT2D eigenvalue weighted by molar-refractivity contribution is 7.99. The van der Waals surface area contributed by atoms with Crippen molar-refractivity contribution in [2.75, 3.05) is 0 Å². The summed E-state index contributed by atoms with van der Waals surface area (Å²) in [4.78, 5) is 12.3. The van der Waals surface area contributed by atoms with Crippen molar-refractivity contribution in [3.63, 3.8) is 0 Å². The van der Waals surface area contributed by atoms with Gasteiger partial charge in [-0.2, -0.15) is 4.98 Å². The third kappa shape index (κ3) is 2.75.